The van der Waals surface area contributed by atoms with E-state index in [0.29, 0.717) is 39.7 Å². The molecule has 4 rings (SSSR count). The molecule has 1 heterocycles. The number of para-hydroxylation sites is 1. The van der Waals surface area contributed by atoms with Gasteiger partial charge in [-0.25, -0.2) is 4.68 Å². The molecule has 0 aliphatic carbocycles. The van der Waals surface area contributed by atoms with Crippen LogP contribution in [0, 0.1) is 0 Å². The summed E-state index contributed by atoms with van der Waals surface area (Å²) >= 11 is 9.47. The number of anilines is 2. The molecular formula is C25H20BrClN4O4. The fourth-order valence-electron chi connectivity index (χ4n) is 3.36. The molecule has 0 atom stereocenters. The van der Waals surface area contributed by atoms with E-state index in [9.17, 15) is 14.4 Å². The van der Waals surface area contributed by atoms with Crippen LogP contribution in [0.15, 0.2) is 77.3 Å². The lowest BCUT2D eigenvalue weighted by atomic mass is 10.2. The van der Waals surface area contributed by atoms with Gasteiger partial charge in [0.05, 0.1) is 22.8 Å². The summed E-state index contributed by atoms with van der Waals surface area (Å²) in [5.41, 5.74) is 4.01. The van der Waals surface area contributed by atoms with Gasteiger partial charge in [0, 0.05) is 15.5 Å². The first kappa shape index (κ1) is 24.3. The van der Waals surface area contributed by atoms with Gasteiger partial charge in [-0.1, -0.05) is 39.7 Å². The maximum Gasteiger partial charge on any atom is 0.328 e. The minimum absolute atomic E-state index is 0.130. The number of nitrogens with one attached hydrogen (secondary N) is 3. The van der Waals surface area contributed by atoms with Gasteiger partial charge in [-0.05, 0) is 67.6 Å². The van der Waals surface area contributed by atoms with Gasteiger partial charge in [-0.2, -0.15) is 0 Å². The SMILES string of the molecule is CCOc1ccc(NC(=O)c2cc3cc(Br)ccc3n2NC(=O)C(=O)Nc2ccccc2Cl)cc1. The number of hydrogen-bond acceptors (Lipinski definition) is 4. The van der Waals surface area contributed by atoms with E-state index in [1.807, 2.05) is 6.92 Å². The maximum absolute atomic E-state index is 13.1. The molecule has 0 radical (unpaired) electrons. The molecule has 0 fully saturated rings. The van der Waals surface area contributed by atoms with Crippen LogP contribution in [0.4, 0.5) is 11.4 Å². The summed E-state index contributed by atoms with van der Waals surface area (Å²) in [5.74, 6) is -1.70. The Morgan fingerprint density at radius 1 is 0.943 bits per heavy atom. The number of aromatic nitrogens is 1. The van der Waals surface area contributed by atoms with Crippen molar-refractivity contribution in [3.8, 4) is 5.75 Å². The summed E-state index contributed by atoms with van der Waals surface area (Å²) in [7, 11) is 0. The first-order chi connectivity index (χ1) is 16.9. The van der Waals surface area contributed by atoms with Gasteiger partial charge in [0.25, 0.3) is 5.91 Å². The minimum Gasteiger partial charge on any atom is -0.494 e. The van der Waals surface area contributed by atoms with Crippen molar-refractivity contribution in [3.05, 3.63) is 88.0 Å². The van der Waals surface area contributed by atoms with E-state index in [4.69, 9.17) is 16.3 Å². The fourth-order valence-corrected chi connectivity index (χ4v) is 3.93. The van der Waals surface area contributed by atoms with Gasteiger partial charge in [-0.15, -0.1) is 0 Å². The van der Waals surface area contributed by atoms with Crippen LogP contribution in [0.25, 0.3) is 10.9 Å². The highest BCUT2D eigenvalue weighted by Crippen LogP contribution is 2.25. The number of hydrogen-bond donors (Lipinski definition) is 3. The zero-order chi connectivity index (χ0) is 24.9. The third-order valence-corrected chi connectivity index (χ3v) is 5.78. The van der Waals surface area contributed by atoms with Gasteiger partial charge < -0.3 is 15.4 Å². The average molecular weight is 556 g/mol. The molecule has 0 aliphatic rings. The Morgan fingerprint density at radius 2 is 1.69 bits per heavy atom. The van der Waals surface area contributed by atoms with E-state index in [2.05, 4.69) is 32.0 Å². The summed E-state index contributed by atoms with van der Waals surface area (Å²) in [6.45, 7) is 2.42. The summed E-state index contributed by atoms with van der Waals surface area (Å²) in [5, 5.41) is 6.24. The zero-order valence-corrected chi connectivity index (χ0v) is 20.8. The second kappa shape index (κ2) is 10.6. The third kappa shape index (κ3) is 5.64. The zero-order valence-electron chi connectivity index (χ0n) is 18.5. The molecule has 3 aromatic carbocycles. The van der Waals surface area contributed by atoms with E-state index in [1.54, 1.807) is 72.8 Å². The van der Waals surface area contributed by atoms with Crippen LogP contribution in [-0.2, 0) is 9.59 Å². The van der Waals surface area contributed by atoms with Crippen molar-refractivity contribution in [1.29, 1.82) is 0 Å². The molecule has 0 spiro atoms. The molecule has 178 valence electrons. The van der Waals surface area contributed by atoms with Crippen LogP contribution in [-0.4, -0.2) is 29.0 Å². The smallest absolute Gasteiger partial charge is 0.328 e. The molecule has 3 amide bonds. The van der Waals surface area contributed by atoms with E-state index in [0.717, 1.165) is 4.47 Å². The van der Waals surface area contributed by atoms with E-state index in [-0.39, 0.29) is 5.69 Å². The summed E-state index contributed by atoms with van der Waals surface area (Å²) in [6.07, 6.45) is 0. The summed E-state index contributed by atoms with van der Waals surface area (Å²) in [4.78, 5) is 38.4. The monoisotopic (exact) mass is 554 g/mol. The number of nitrogens with zero attached hydrogens (tertiary/aromatic N) is 1. The molecule has 35 heavy (non-hydrogen) atoms. The van der Waals surface area contributed by atoms with E-state index in [1.165, 1.54) is 4.68 Å². The molecule has 10 heteroatoms. The molecule has 0 unspecified atom stereocenters. The van der Waals surface area contributed by atoms with E-state index < -0.39 is 17.7 Å². The number of carbonyl (C=O) groups is 3. The number of halogens is 2. The number of carbonyl (C=O) groups excluding carboxylic acids is 3. The van der Waals surface area contributed by atoms with Crippen LogP contribution < -0.4 is 20.8 Å². The Hall–Kier alpha value is -3.82. The molecule has 0 saturated carbocycles. The van der Waals surface area contributed by atoms with Crippen molar-refractivity contribution >= 4 is 67.5 Å². The van der Waals surface area contributed by atoms with Crippen LogP contribution in [0.3, 0.4) is 0 Å². The lowest BCUT2D eigenvalue weighted by Gasteiger charge is -2.13. The van der Waals surface area contributed by atoms with Gasteiger partial charge in [0.2, 0.25) is 0 Å². The van der Waals surface area contributed by atoms with E-state index >= 15 is 0 Å². The predicted molar refractivity (Wildman–Crippen MR) is 140 cm³/mol. The van der Waals surface area contributed by atoms with Gasteiger partial charge in [0.1, 0.15) is 11.4 Å². The third-order valence-electron chi connectivity index (χ3n) is 4.96. The lowest BCUT2D eigenvalue weighted by molar-refractivity contribution is -0.133. The molecule has 0 saturated heterocycles. The molecule has 4 aromatic rings. The standard InChI is InChI=1S/C25H20BrClN4O4/c1-2-35-18-10-8-17(9-11-18)28-23(32)22-14-15-13-16(26)7-12-21(15)31(22)30-25(34)24(33)29-20-6-4-3-5-19(20)27/h3-14H,2H2,1H3,(H,28,32)(H,29,33)(H,30,34). The Labute approximate surface area is 214 Å². The number of rotatable bonds is 6. The predicted octanol–water partition coefficient (Wildman–Crippen LogP) is 5.42. The van der Waals surface area contributed by atoms with Crippen molar-refractivity contribution in [1.82, 2.24) is 4.68 Å². The maximum atomic E-state index is 13.1. The Morgan fingerprint density at radius 3 is 2.40 bits per heavy atom. The Balaban J connectivity index is 1.60. The quantitative estimate of drug-likeness (QED) is 0.277. The Kier molecular flexibility index (Phi) is 7.38. The fraction of sp³-hybridized carbons (Fsp3) is 0.0800. The van der Waals surface area contributed by atoms with Crippen molar-refractivity contribution < 1.29 is 19.1 Å². The molecule has 3 N–H and O–H groups in total. The van der Waals surface area contributed by atoms with Crippen molar-refractivity contribution in [2.75, 3.05) is 22.7 Å². The molecule has 1 aromatic heterocycles. The highest BCUT2D eigenvalue weighted by atomic mass is 79.9. The number of fused-ring (bicyclic) bond motifs is 1. The number of benzene rings is 3. The highest BCUT2D eigenvalue weighted by molar-refractivity contribution is 9.10. The van der Waals surface area contributed by atoms with Crippen LogP contribution in [0.2, 0.25) is 5.02 Å². The van der Waals surface area contributed by atoms with Crippen molar-refractivity contribution in [2.24, 2.45) is 0 Å². The minimum atomic E-state index is -0.972. The lowest BCUT2D eigenvalue weighted by Crippen LogP contribution is -2.36. The van der Waals surface area contributed by atoms with Crippen LogP contribution in [0.5, 0.6) is 5.75 Å². The average Bonchev–Trinajstić information content (AvgIpc) is 3.19. The molecule has 0 aliphatic heterocycles. The highest BCUT2D eigenvalue weighted by Gasteiger charge is 2.21. The van der Waals surface area contributed by atoms with Crippen LogP contribution >= 0.6 is 27.5 Å². The second-order valence-corrected chi connectivity index (χ2v) is 8.68. The molecule has 8 nitrogen and oxygen atoms in total. The normalized spacial score (nSPS) is 10.6. The number of amides is 3. The first-order valence-corrected chi connectivity index (χ1v) is 11.7. The van der Waals surface area contributed by atoms with Gasteiger partial charge >= 0.3 is 11.8 Å². The van der Waals surface area contributed by atoms with Crippen LogP contribution in [0.1, 0.15) is 17.4 Å². The largest absolute Gasteiger partial charge is 0.494 e. The van der Waals surface area contributed by atoms with Gasteiger partial charge in [0.15, 0.2) is 0 Å². The molecular weight excluding hydrogens is 536 g/mol. The Bertz CT molecular complexity index is 1420. The second-order valence-electron chi connectivity index (χ2n) is 7.35. The van der Waals surface area contributed by atoms with Gasteiger partial charge in [-0.3, -0.25) is 19.8 Å². The summed E-state index contributed by atoms with van der Waals surface area (Å²) in [6, 6.07) is 20.4. The molecule has 0 bridgehead atoms. The summed E-state index contributed by atoms with van der Waals surface area (Å²) < 4.78 is 7.49. The van der Waals surface area contributed by atoms with Crippen molar-refractivity contribution in [2.45, 2.75) is 6.92 Å². The first-order valence-electron chi connectivity index (χ1n) is 10.6. The number of ether oxygens (including phenoxy) is 1. The van der Waals surface area contributed by atoms with Crippen molar-refractivity contribution in [3.63, 3.8) is 0 Å². The topological polar surface area (TPSA) is 101 Å².